The Hall–Kier alpha value is -3.36. The van der Waals surface area contributed by atoms with E-state index in [0.717, 1.165) is 11.6 Å². The Bertz CT molecular complexity index is 1220. The van der Waals surface area contributed by atoms with Crippen molar-refractivity contribution < 1.29 is 27.5 Å². The molecule has 0 aromatic heterocycles. The monoisotopic (exact) mass is 427 g/mol. The molecule has 0 radical (unpaired) electrons. The van der Waals surface area contributed by atoms with Crippen LogP contribution in [0.5, 0.6) is 0 Å². The lowest BCUT2D eigenvalue weighted by Gasteiger charge is -2.11. The van der Waals surface area contributed by atoms with Crippen molar-refractivity contribution >= 4 is 21.8 Å². The number of sulfonamides is 1. The van der Waals surface area contributed by atoms with Gasteiger partial charge in [0.25, 0.3) is 0 Å². The highest BCUT2D eigenvalue weighted by Crippen LogP contribution is 2.25. The van der Waals surface area contributed by atoms with E-state index in [9.17, 15) is 22.4 Å². The van der Waals surface area contributed by atoms with Gasteiger partial charge in [-0.05, 0) is 53.9 Å². The van der Waals surface area contributed by atoms with Gasteiger partial charge in [-0.1, -0.05) is 36.4 Å². The molecule has 0 aliphatic rings. The molecule has 3 aromatic carbocycles. The largest absolute Gasteiger partial charge is 0.478 e. The van der Waals surface area contributed by atoms with E-state index in [0.29, 0.717) is 5.56 Å². The summed E-state index contributed by atoms with van der Waals surface area (Å²) in [6.07, 6.45) is 0. The molecule has 0 saturated heterocycles. The normalized spacial score (nSPS) is 11.3. The fraction of sp³-hybridized carbons (Fsp3) is 0.0909. The smallest absolute Gasteiger partial charge is 0.335 e. The lowest BCUT2D eigenvalue weighted by atomic mass is 9.98. The van der Waals surface area contributed by atoms with Gasteiger partial charge in [-0.25, -0.2) is 22.3 Å². The summed E-state index contributed by atoms with van der Waals surface area (Å²) in [5, 5.41) is 9.01. The number of carboxylic acids is 1. The summed E-state index contributed by atoms with van der Waals surface area (Å²) >= 11 is 0. The highest BCUT2D eigenvalue weighted by molar-refractivity contribution is 7.89. The zero-order chi connectivity index (χ0) is 21.9. The predicted octanol–water partition coefficient (Wildman–Crippen LogP) is 3.66. The minimum atomic E-state index is -4.16. The van der Waals surface area contributed by atoms with Crippen LogP contribution in [-0.2, 0) is 10.0 Å². The molecule has 0 unspecified atom stereocenters. The Labute approximate surface area is 173 Å². The fourth-order valence-corrected chi connectivity index (χ4v) is 3.93. The van der Waals surface area contributed by atoms with Crippen molar-refractivity contribution in [3.63, 3.8) is 0 Å². The average Bonchev–Trinajstić information content (AvgIpc) is 2.74. The number of rotatable bonds is 7. The first-order valence-corrected chi connectivity index (χ1v) is 10.4. The molecule has 154 valence electrons. The topological polar surface area (TPSA) is 101 Å². The Morgan fingerprint density at radius 3 is 2.33 bits per heavy atom. The first kappa shape index (κ1) is 21.4. The van der Waals surface area contributed by atoms with Gasteiger partial charge in [0.05, 0.1) is 22.6 Å². The van der Waals surface area contributed by atoms with Crippen LogP contribution in [0, 0.1) is 12.7 Å². The molecule has 0 aliphatic carbocycles. The first-order valence-electron chi connectivity index (χ1n) is 8.91. The summed E-state index contributed by atoms with van der Waals surface area (Å²) in [7, 11) is -4.16. The molecule has 3 aromatic rings. The summed E-state index contributed by atoms with van der Waals surface area (Å²) in [4.78, 5) is 23.3. The van der Waals surface area contributed by atoms with Gasteiger partial charge in [0.2, 0.25) is 10.0 Å². The number of aromatic carboxylic acids is 1. The fourth-order valence-electron chi connectivity index (χ4n) is 2.91. The number of benzene rings is 3. The van der Waals surface area contributed by atoms with Crippen LogP contribution in [-0.4, -0.2) is 31.8 Å². The third kappa shape index (κ3) is 4.61. The molecular formula is C22H18FNO5S. The van der Waals surface area contributed by atoms with E-state index in [-0.39, 0.29) is 21.6 Å². The van der Waals surface area contributed by atoms with Crippen molar-refractivity contribution in [3.8, 4) is 11.1 Å². The Morgan fingerprint density at radius 1 is 0.967 bits per heavy atom. The van der Waals surface area contributed by atoms with E-state index in [1.54, 1.807) is 6.07 Å². The highest BCUT2D eigenvalue weighted by atomic mass is 32.2. The molecule has 0 amide bonds. The Kier molecular flexibility index (Phi) is 6.09. The van der Waals surface area contributed by atoms with Crippen molar-refractivity contribution in [3.05, 3.63) is 89.2 Å². The van der Waals surface area contributed by atoms with Gasteiger partial charge >= 0.3 is 5.97 Å². The van der Waals surface area contributed by atoms with Crippen molar-refractivity contribution in [2.24, 2.45) is 0 Å². The predicted molar refractivity (Wildman–Crippen MR) is 109 cm³/mol. The second-order valence-corrected chi connectivity index (χ2v) is 8.37. The van der Waals surface area contributed by atoms with Crippen LogP contribution in [0.25, 0.3) is 11.1 Å². The van der Waals surface area contributed by atoms with Crippen LogP contribution in [0.2, 0.25) is 0 Å². The molecular weight excluding hydrogens is 409 g/mol. The van der Waals surface area contributed by atoms with E-state index in [2.05, 4.69) is 4.72 Å². The summed E-state index contributed by atoms with van der Waals surface area (Å²) in [5.41, 5.74) is 1.25. The standard InChI is InChI=1S/C22H18FNO5S/c1-14-10-17(15-6-3-2-4-7-15)12-19(21(14)23)20(25)13-24-30(28,29)18-9-5-8-16(11-18)22(26)27/h2-12,24H,13H2,1H3,(H,26,27). The number of hydrogen-bond donors (Lipinski definition) is 2. The molecule has 0 saturated carbocycles. The second-order valence-electron chi connectivity index (χ2n) is 6.60. The van der Waals surface area contributed by atoms with E-state index in [1.807, 2.05) is 30.3 Å². The number of ketones is 1. The minimum Gasteiger partial charge on any atom is -0.478 e. The van der Waals surface area contributed by atoms with E-state index < -0.39 is 34.1 Å². The van der Waals surface area contributed by atoms with E-state index >= 15 is 0 Å². The van der Waals surface area contributed by atoms with Crippen LogP contribution in [0.15, 0.2) is 71.6 Å². The number of aryl methyl sites for hydroxylation is 1. The molecule has 0 bridgehead atoms. The van der Waals surface area contributed by atoms with Gasteiger partial charge in [0, 0.05) is 0 Å². The number of carbonyl (C=O) groups is 2. The molecule has 0 spiro atoms. The van der Waals surface area contributed by atoms with E-state index in [4.69, 9.17) is 5.11 Å². The molecule has 30 heavy (non-hydrogen) atoms. The van der Waals surface area contributed by atoms with Gasteiger partial charge in [-0.2, -0.15) is 0 Å². The van der Waals surface area contributed by atoms with Gasteiger partial charge in [0.15, 0.2) is 5.78 Å². The Balaban J connectivity index is 1.85. The van der Waals surface area contributed by atoms with E-state index in [1.165, 1.54) is 31.2 Å². The van der Waals surface area contributed by atoms with Gasteiger partial charge < -0.3 is 5.11 Å². The van der Waals surface area contributed by atoms with Crippen molar-refractivity contribution in [1.29, 1.82) is 0 Å². The molecule has 0 fully saturated rings. The molecule has 0 atom stereocenters. The van der Waals surface area contributed by atoms with Crippen molar-refractivity contribution in [1.82, 2.24) is 4.72 Å². The molecule has 0 aliphatic heterocycles. The van der Waals surface area contributed by atoms with Crippen LogP contribution in [0.1, 0.15) is 26.3 Å². The number of halogens is 1. The minimum absolute atomic E-state index is 0.207. The second kappa shape index (κ2) is 8.56. The molecule has 8 heteroatoms. The van der Waals surface area contributed by atoms with Gasteiger partial charge in [0.1, 0.15) is 5.82 Å². The maximum atomic E-state index is 14.6. The number of carbonyl (C=O) groups excluding carboxylic acids is 1. The quantitative estimate of drug-likeness (QED) is 0.561. The lowest BCUT2D eigenvalue weighted by Crippen LogP contribution is -2.30. The van der Waals surface area contributed by atoms with Gasteiger partial charge in [-0.3, -0.25) is 4.79 Å². The van der Waals surface area contributed by atoms with Gasteiger partial charge in [-0.15, -0.1) is 0 Å². The average molecular weight is 427 g/mol. The number of carboxylic acid groups (broad SMARTS) is 1. The summed E-state index contributed by atoms with van der Waals surface area (Å²) < 4.78 is 41.5. The maximum Gasteiger partial charge on any atom is 0.335 e. The zero-order valence-corrected chi connectivity index (χ0v) is 16.7. The number of Topliss-reactive ketones (excluding diaryl/α,β-unsaturated/α-hetero) is 1. The van der Waals surface area contributed by atoms with Crippen molar-refractivity contribution in [2.75, 3.05) is 6.54 Å². The Morgan fingerprint density at radius 2 is 1.67 bits per heavy atom. The molecule has 6 nitrogen and oxygen atoms in total. The van der Waals surface area contributed by atoms with Crippen molar-refractivity contribution in [2.45, 2.75) is 11.8 Å². The first-order chi connectivity index (χ1) is 14.2. The number of nitrogens with one attached hydrogen (secondary N) is 1. The van der Waals surface area contributed by atoms with Crippen LogP contribution in [0.3, 0.4) is 0 Å². The summed E-state index contributed by atoms with van der Waals surface area (Å²) in [5.74, 6) is -2.74. The molecule has 3 rings (SSSR count). The number of hydrogen-bond acceptors (Lipinski definition) is 4. The SMILES string of the molecule is Cc1cc(-c2ccccc2)cc(C(=O)CNS(=O)(=O)c2cccc(C(=O)O)c2)c1F. The lowest BCUT2D eigenvalue weighted by molar-refractivity contribution is 0.0696. The summed E-state index contributed by atoms with van der Waals surface area (Å²) in [6.45, 7) is 0.856. The van der Waals surface area contributed by atoms with Crippen LogP contribution in [0.4, 0.5) is 4.39 Å². The third-order valence-corrected chi connectivity index (χ3v) is 5.88. The molecule has 0 heterocycles. The maximum absolute atomic E-state index is 14.6. The third-order valence-electron chi connectivity index (χ3n) is 4.48. The molecule has 2 N–H and O–H groups in total. The summed E-state index contributed by atoms with van der Waals surface area (Å²) in [6, 6.07) is 16.8. The highest BCUT2D eigenvalue weighted by Gasteiger charge is 2.21. The zero-order valence-electron chi connectivity index (χ0n) is 15.9. The van der Waals surface area contributed by atoms with Crippen LogP contribution < -0.4 is 4.72 Å². The van der Waals surface area contributed by atoms with Crippen LogP contribution >= 0.6 is 0 Å².